The number of hydrogen-bond acceptors (Lipinski definition) is 5. The maximum absolute atomic E-state index is 12.5. The average Bonchev–Trinajstić information content (AvgIpc) is 2.85. The number of halogens is 6. The van der Waals surface area contributed by atoms with Crippen LogP contribution in [-0.2, 0) is 16.0 Å². The van der Waals surface area contributed by atoms with Crippen molar-refractivity contribution in [1.29, 1.82) is 0 Å². The van der Waals surface area contributed by atoms with Crippen LogP contribution in [-0.4, -0.2) is 56.0 Å². The first-order valence-corrected chi connectivity index (χ1v) is 11.5. The Morgan fingerprint density at radius 3 is 1.97 bits per heavy atom. The first-order valence-electron chi connectivity index (χ1n) is 11.5. The Bertz CT molecular complexity index is 1140. The molecule has 0 amide bonds. The van der Waals surface area contributed by atoms with Crippen molar-refractivity contribution in [2.75, 3.05) is 26.4 Å². The molecule has 0 unspecified atom stereocenters. The van der Waals surface area contributed by atoms with E-state index in [1.54, 1.807) is 44.2 Å². The molecular weight excluding hydrogens is 534 g/mol. The van der Waals surface area contributed by atoms with Crippen molar-refractivity contribution in [3.63, 3.8) is 0 Å². The predicted octanol–water partition coefficient (Wildman–Crippen LogP) is 5.98. The van der Waals surface area contributed by atoms with Crippen molar-refractivity contribution in [2.45, 2.75) is 38.7 Å². The minimum absolute atomic E-state index is 0.0859. The van der Waals surface area contributed by atoms with Crippen molar-refractivity contribution in [3.05, 3.63) is 65.2 Å². The molecule has 0 bridgehead atoms. The van der Waals surface area contributed by atoms with Gasteiger partial charge in [-0.1, -0.05) is 24.0 Å². The molecular formula is C27H26F6O6. The molecule has 1 N–H and O–H groups in total. The maximum Gasteiger partial charge on any atom is 0.422 e. The number of rotatable bonds is 12. The molecule has 0 saturated carbocycles. The van der Waals surface area contributed by atoms with E-state index in [2.05, 4.69) is 21.3 Å². The molecule has 6 nitrogen and oxygen atoms in total. The van der Waals surface area contributed by atoms with Gasteiger partial charge in [0.05, 0.1) is 0 Å². The molecule has 0 fully saturated rings. The first kappa shape index (κ1) is 31.4. The topological polar surface area (TPSA) is 74.2 Å². The summed E-state index contributed by atoms with van der Waals surface area (Å²) in [6.45, 7) is 0.479. The van der Waals surface area contributed by atoms with Gasteiger partial charge < -0.3 is 24.1 Å². The van der Waals surface area contributed by atoms with Crippen molar-refractivity contribution >= 4 is 5.97 Å². The van der Waals surface area contributed by atoms with Crippen LogP contribution in [0.2, 0.25) is 0 Å². The molecule has 2 rings (SSSR count). The molecule has 0 aliphatic rings. The van der Waals surface area contributed by atoms with Gasteiger partial charge in [0.1, 0.15) is 23.9 Å². The lowest BCUT2D eigenvalue weighted by atomic mass is 10.1. The molecule has 0 heterocycles. The minimum Gasteiger partial charge on any atom is -0.490 e. The zero-order chi connectivity index (χ0) is 29.1. The van der Waals surface area contributed by atoms with Crippen molar-refractivity contribution in [1.82, 2.24) is 0 Å². The molecule has 12 heteroatoms. The van der Waals surface area contributed by atoms with Crippen LogP contribution in [0.4, 0.5) is 26.3 Å². The number of carboxylic acids is 1. The quantitative estimate of drug-likeness (QED) is 0.255. The minimum atomic E-state index is -4.64. The van der Waals surface area contributed by atoms with E-state index < -0.39 is 37.6 Å². The second-order valence-electron chi connectivity index (χ2n) is 8.08. The number of alkyl halides is 6. The number of benzene rings is 2. The van der Waals surface area contributed by atoms with Gasteiger partial charge >= 0.3 is 18.3 Å². The molecule has 0 aliphatic carbocycles. The number of aliphatic carboxylic acids is 1. The van der Waals surface area contributed by atoms with Gasteiger partial charge in [0, 0.05) is 24.7 Å². The lowest BCUT2D eigenvalue weighted by molar-refractivity contribution is -0.154. The molecule has 2 aromatic carbocycles. The van der Waals surface area contributed by atoms with E-state index in [9.17, 15) is 36.2 Å². The molecule has 39 heavy (non-hydrogen) atoms. The van der Waals surface area contributed by atoms with Gasteiger partial charge in [0.25, 0.3) is 0 Å². The highest BCUT2D eigenvalue weighted by Gasteiger charge is 2.30. The van der Waals surface area contributed by atoms with Crippen LogP contribution in [0.1, 0.15) is 25.0 Å². The Labute approximate surface area is 221 Å². The third-order valence-corrected chi connectivity index (χ3v) is 4.72. The Morgan fingerprint density at radius 1 is 0.923 bits per heavy atom. The highest BCUT2D eigenvalue weighted by atomic mass is 19.4. The number of hydrogen-bond donors (Lipinski definition) is 1. The maximum atomic E-state index is 12.5. The number of carbonyl (C=O) groups is 1. The lowest BCUT2D eigenvalue weighted by Gasteiger charge is -2.13. The average molecular weight is 560 g/mol. The number of allylic oxidation sites excluding steroid dienone is 1. The van der Waals surface area contributed by atoms with Gasteiger partial charge in [-0.2, -0.15) is 26.3 Å². The fraction of sp³-hybridized carbons (Fsp3) is 0.370. The first-order chi connectivity index (χ1) is 18.2. The number of ether oxygens (including phenoxy) is 4. The summed E-state index contributed by atoms with van der Waals surface area (Å²) in [4.78, 5) is 11.2. The monoisotopic (exact) mass is 560 g/mol. The Morgan fingerprint density at radius 2 is 1.49 bits per heavy atom. The molecule has 0 spiro atoms. The molecule has 0 aromatic heterocycles. The highest BCUT2D eigenvalue weighted by molar-refractivity contribution is 5.72. The summed E-state index contributed by atoms with van der Waals surface area (Å²) in [5, 5.41) is 9.18. The van der Waals surface area contributed by atoms with Crippen LogP contribution in [0.25, 0.3) is 0 Å². The van der Waals surface area contributed by atoms with Crippen LogP contribution in [0.5, 0.6) is 17.2 Å². The van der Waals surface area contributed by atoms with Crippen LogP contribution < -0.4 is 14.2 Å². The zero-order valence-electron chi connectivity index (χ0n) is 21.0. The SMILES string of the molecule is CCO[C@@H](Cc1ccc(OCC=C(C)C#Cc2cc(OCC(F)(F)F)cc(OCC(F)(F)F)c2)cc1)C(=O)O. The lowest BCUT2D eigenvalue weighted by Crippen LogP contribution is -2.26. The van der Waals surface area contributed by atoms with Crippen LogP contribution >= 0.6 is 0 Å². The summed E-state index contributed by atoms with van der Waals surface area (Å²) >= 11 is 0. The molecule has 212 valence electrons. The van der Waals surface area contributed by atoms with Gasteiger partial charge in [0.15, 0.2) is 19.3 Å². The van der Waals surface area contributed by atoms with Crippen molar-refractivity contribution in [3.8, 4) is 29.1 Å². The standard InChI is InChI=1S/C27H26F6O6/c1-3-36-24(25(34)35)14-19-6-8-21(9-7-19)37-11-10-18(2)4-5-20-12-22(38-16-26(28,29)30)15-23(13-20)39-17-27(31,32)33/h6-10,12-13,15,24H,3,11,14,16-17H2,1-2H3,(H,34,35)/t24-/m0/s1. The van der Waals surface area contributed by atoms with Gasteiger partial charge in [-0.3, -0.25) is 0 Å². The summed E-state index contributed by atoms with van der Waals surface area (Å²) in [7, 11) is 0. The largest absolute Gasteiger partial charge is 0.490 e. The Hall–Kier alpha value is -3.85. The molecule has 0 aliphatic heterocycles. The van der Waals surface area contributed by atoms with Crippen molar-refractivity contribution < 1.29 is 55.2 Å². The van der Waals surface area contributed by atoms with Gasteiger partial charge in [0.2, 0.25) is 0 Å². The summed E-state index contributed by atoms with van der Waals surface area (Å²) in [5.41, 5.74) is 1.36. The smallest absolute Gasteiger partial charge is 0.422 e. The second-order valence-corrected chi connectivity index (χ2v) is 8.08. The van der Waals surface area contributed by atoms with E-state index in [4.69, 9.17) is 9.47 Å². The van der Waals surface area contributed by atoms with E-state index in [0.717, 1.165) is 23.8 Å². The molecule has 0 radical (unpaired) electrons. The van der Waals surface area contributed by atoms with E-state index >= 15 is 0 Å². The summed E-state index contributed by atoms with van der Waals surface area (Å²) < 4.78 is 95.0. The van der Waals surface area contributed by atoms with Crippen LogP contribution in [0, 0.1) is 11.8 Å². The predicted molar refractivity (Wildman–Crippen MR) is 129 cm³/mol. The van der Waals surface area contributed by atoms with E-state index in [-0.39, 0.29) is 36.7 Å². The Kier molecular flexibility index (Phi) is 11.5. The third kappa shape index (κ3) is 13.0. The van der Waals surface area contributed by atoms with Gasteiger partial charge in [-0.15, -0.1) is 0 Å². The van der Waals surface area contributed by atoms with E-state index in [1.165, 1.54) is 0 Å². The zero-order valence-corrected chi connectivity index (χ0v) is 21.0. The normalized spacial score (nSPS) is 12.8. The third-order valence-electron chi connectivity index (χ3n) is 4.72. The fourth-order valence-electron chi connectivity index (χ4n) is 2.98. The Balaban J connectivity index is 2.04. The highest BCUT2D eigenvalue weighted by Crippen LogP contribution is 2.26. The van der Waals surface area contributed by atoms with Crippen LogP contribution in [0.3, 0.4) is 0 Å². The number of carboxylic acid groups (broad SMARTS) is 1. The van der Waals surface area contributed by atoms with Crippen LogP contribution in [0.15, 0.2) is 54.1 Å². The van der Waals surface area contributed by atoms with Gasteiger partial charge in [-0.25, -0.2) is 4.79 Å². The molecule has 0 saturated heterocycles. The summed E-state index contributed by atoms with van der Waals surface area (Å²) in [5.74, 6) is 4.17. The summed E-state index contributed by atoms with van der Waals surface area (Å²) in [6, 6.07) is 10.0. The molecule has 2 aromatic rings. The fourth-order valence-corrected chi connectivity index (χ4v) is 2.98. The summed E-state index contributed by atoms with van der Waals surface area (Å²) in [6.07, 6.45) is -8.40. The molecule has 1 atom stereocenters. The van der Waals surface area contributed by atoms with Crippen molar-refractivity contribution in [2.24, 2.45) is 0 Å². The van der Waals surface area contributed by atoms with E-state index in [0.29, 0.717) is 11.3 Å². The van der Waals surface area contributed by atoms with E-state index in [1.807, 2.05) is 0 Å². The van der Waals surface area contributed by atoms with Gasteiger partial charge in [-0.05, 0) is 55.3 Å². The second kappa shape index (κ2) is 14.3.